The maximum absolute atomic E-state index is 6.15. The number of hydrogen-bond acceptors (Lipinski definition) is 2. The Kier molecular flexibility index (Phi) is 6.57. The Morgan fingerprint density at radius 2 is 1.62 bits per heavy atom. The van der Waals surface area contributed by atoms with Gasteiger partial charge < -0.3 is 10.1 Å². The van der Waals surface area contributed by atoms with E-state index in [0.717, 1.165) is 22.9 Å². The van der Waals surface area contributed by atoms with Crippen molar-refractivity contribution in [2.75, 3.05) is 0 Å². The number of ether oxygens (including phenoxy) is 1. The summed E-state index contributed by atoms with van der Waals surface area (Å²) < 4.78 is 5.83. The molecule has 2 aromatic rings. The minimum atomic E-state index is 0.499. The minimum absolute atomic E-state index is 0.499. The predicted molar refractivity (Wildman–Crippen MR) is 101 cm³/mol. The molecule has 1 fully saturated rings. The summed E-state index contributed by atoms with van der Waals surface area (Å²) in [6.45, 7) is 1.44. The predicted octanol–water partition coefficient (Wildman–Crippen LogP) is 5.73. The van der Waals surface area contributed by atoms with Crippen LogP contribution in [0.2, 0.25) is 5.02 Å². The molecule has 0 unspecified atom stereocenters. The topological polar surface area (TPSA) is 21.3 Å². The highest BCUT2D eigenvalue weighted by molar-refractivity contribution is 6.31. The van der Waals surface area contributed by atoms with Gasteiger partial charge in [-0.05, 0) is 36.6 Å². The Morgan fingerprint density at radius 1 is 0.917 bits per heavy atom. The Morgan fingerprint density at radius 3 is 2.33 bits per heavy atom. The summed E-state index contributed by atoms with van der Waals surface area (Å²) in [5.41, 5.74) is 2.32. The molecule has 3 heteroatoms. The number of halogens is 1. The van der Waals surface area contributed by atoms with E-state index in [1.54, 1.807) is 0 Å². The van der Waals surface area contributed by atoms with Crippen LogP contribution in [-0.2, 0) is 13.2 Å². The summed E-state index contributed by atoms with van der Waals surface area (Å²) in [5, 5.41) is 4.46. The van der Waals surface area contributed by atoms with Crippen LogP contribution in [-0.4, -0.2) is 6.04 Å². The van der Waals surface area contributed by atoms with Gasteiger partial charge in [0.1, 0.15) is 12.4 Å². The molecule has 1 N–H and O–H groups in total. The molecule has 128 valence electrons. The Hall–Kier alpha value is -1.51. The number of nitrogens with one attached hydrogen (secondary N) is 1. The summed E-state index contributed by atoms with van der Waals surface area (Å²) >= 11 is 6.15. The van der Waals surface area contributed by atoms with Gasteiger partial charge in [0.25, 0.3) is 0 Å². The van der Waals surface area contributed by atoms with Crippen molar-refractivity contribution in [1.29, 1.82) is 0 Å². The van der Waals surface area contributed by atoms with Crippen LogP contribution in [0, 0.1) is 0 Å². The average molecular weight is 344 g/mol. The van der Waals surface area contributed by atoms with Gasteiger partial charge in [0.2, 0.25) is 0 Å². The molecule has 0 saturated heterocycles. The highest BCUT2D eigenvalue weighted by atomic mass is 35.5. The van der Waals surface area contributed by atoms with E-state index in [1.165, 1.54) is 44.1 Å². The van der Waals surface area contributed by atoms with Gasteiger partial charge in [-0.15, -0.1) is 0 Å². The third kappa shape index (κ3) is 5.25. The van der Waals surface area contributed by atoms with Gasteiger partial charge in [-0.1, -0.05) is 67.6 Å². The van der Waals surface area contributed by atoms with Crippen LogP contribution in [0.4, 0.5) is 0 Å². The van der Waals surface area contributed by atoms with E-state index in [9.17, 15) is 0 Å². The molecular formula is C21H26ClNO. The first-order valence-corrected chi connectivity index (χ1v) is 9.37. The lowest BCUT2D eigenvalue weighted by Crippen LogP contribution is -2.27. The second-order valence-electron chi connectivity index (χ2n) is 6.59. The molecule has 0 amide bonds. The first-order valence-electron chi connectivity index (χ1n) is 9.00. The van der Waals surface area contributed by atoms with Crippen LogP contribution in [0.3, 0.4) is 0 Å². The quantitative estimate of drug-likeness (QED) is 0.676. The second-order valence-corrected chi connectivity index (χ2v) is 7.00. The number of hydrogen-bond donors (Lipinski definition) is 1. The first-order chi connectivity index (χ1) is 11.8. The first kappa shape index (κ1) is 17.3. The zero-order valence-electron chi connectivity index (χ0n) is 14.1. The van der Waals surface area contributed by atoms with Crippen LogP contribution in [0.1, 0.15) is 49.7 Å². The fourth-order valence-corrected chi connectivity index (χ4v) is 3.42. The molecule has 0 bridgehead atoms. The molecule has 1 saturated carbocycles. The van der Waals surface area contributed by atoms with E-state index < -0.39 is 0 Å². The van der Waals surface area contributed by atoms with Crippen molar-refractivity contribution in [2.45, 2.75) is 57.7 Å². The molecule has 3 rings (SSSR count). The van der Waals surface area contributed by atoms with Crippen molar-refractivity contribution in [3.05, 3.63) is 64.7 Å². The Balaban J connectivity index is 1.47. The van der Waals surface area contributed by atoms with E-state index in [0.29, 0.717) is 12.6 Å². The van der Waals surface area contributed by atoms with E-state index in [-0.39, 0.29) is 0 Å². The monoisotopic (exact) mass is 343 g/mol. The van der Waals surface area contributed by atoms with E-state index in [2.05, 4.69) is 17.4 Å². The molecule has 24 heavy (non-hydrogen) atoms. The summed E-state index contributed by atoms with van der Waals surface area (Å²) in [4.78, 5) is 0. The molecule has 0 radical (unpaired) electrons. The summed E-state index contributed by atoms with van der Waals surface area (Å²) in [6.07, 6.45) is 8.17. The van der Waals surface area contributed by atoms with Gasteiger partial charge in [0, 0.05) is 23.2 Å². The van der Waals surface area contributed by atoms with Crippen molar-refractivity contribution in [3.8, 4) is 5.75 Å². The summed E-state index contributed by atoms with van der Waals surface area (Å²) in [6, 6.07) is 16.9. The SMILES string of the molecule is Clc1ccccc1COc1ccc(CNC2CCCCCC2)cc1. The van der Waals surface area contributed by atoms with Crippen molar-refractivity contribution < 1.29 is 4.74 Å². The Labute approximate surface area is 150 Å². The normalized spacial score (nSPS) is 15.9. The lowest BCUT2D eigenvalue weighted by atomic mass is 10.1. The van der Waals surface area contributed by atoms with E-state index >= 15 is 0 Å². The smallest absolute Gasteiger partial charge is 0.119 e. The molecule has 0 aromatic heterocycles. The highest BCUT2D eigenvalue weighted by Gasteiger charge is 2.11. The van der Waals surface area contributed by atoms with Crippen molar-refractivity contribution in [3.63, 3.8) is 0 Å². The van der Waals surface area contributed by atoms with Gasteiger partial charge in [0.05, 0.1) is 0 Å². The van der Waals surface area contributed by atoms with Crippen molar-refractivity contribution >= 4 is 11.6 Å². The largest absolute Gasteiger partial charge is 0.489 e. The van der Waals surface area contributed by atoms with Crippen LogP contribution >= 0.6 is 11.6 Å². The fourth-order valence-electron chi connectivity index (χ4n) is 3.23. The lowest BCUT2D eigenvalue weighted by Gasteiger charge is -2.16. The molecular weight excluding hydrogens is 318 g/mol. The summed E-state index contributed by atoms with van der Waals surface area (Å²) in [7, 11) is 0. The Bertz CT molecular complexity index is 618. The lowest BCUT2D eigenvalue weighted by molar-refractivity contribution is 0.306. The molecule has 0 atom stereocenters. The van der Waals surface area contributed by atoms with Gasteiger partial charge in [-0.3, -0.25) is 0 Å². The third-order valence-corrected chi connectivity index (χ3v) is 5.09. The fraction of sp³-hybridized carbons (Fsp3) is 0.429. The molecule has 0 spiro atoms. The number of rotatable bonds is 6. The van der Waals surface area contributed by atoms with E-state index in [4.69, 9.17) is 16.3 Å². The van der Waals surface area contributed by atoms with Crippen LogP contribution < -0.4 is 10.1 Å². The van der Waals surface area contributed by atoms with Crippen LogP contribution in [0.5, 0.6) is 5.75 Å². The minimum Gasteiger partial charge on any atom is -0.489 e. The third-order valence-electron chi connectivity index (χ3n) is 4.73. The van der Waals surface area contributed by atoms with E-state index in [1.807, 2.05) is 36.4 Å². The van der Waals surface area contributed by atoms with Crippen LogP contribution in [0.15, 0.2) is 48.5 Å². The highest BCUT2D eigenvalue weighted by Crippen LogP contribution is 2.20. The standard InChI is InChI=1S/C21H26ClNO/c22-21-10-6-5-7-18(21)16-24-20-13-11-17(12-14-20)15-23-19-8-3-1-2-4-9-19/h5-7,10-14,19,23H,1-4,8-9,15-16H2. The molecule has 2 aromatic carbocycles. The summed E-state index contributed by atoms with van der Waals surface area (Å²) in [5.74, 6) is 0.883. The van der Waals surface area contributed by atoms with Gasteiger partial charge in [0.15, 0.2) is 0 Å². The average Bonchev–Trinajstić information content (AvgIpc) is 2.89. The zero-order chi connectivity index (χ0) is 16.6. The van der Waals surface area contributed by atoms with Gasteiger partial charge in [-0.2, -0.15) is 0 Å². The maximum atomic E-state index is 6.15. The molecule has 0 aliphatic heterocycles. The van der Waals surface area contributed by atoms with Gasteiger partial charge >= 0.3 is 0 Å². The molecule has 1 aliphatic rings. The molecule has 0 heterocycles. The molecule has 1 aliphatic carbocycles. The number of benzene rings is 2. The zero-order valence-corrected chi connectivity index (χ0v) is 14.9. The van der Waals surface area contributed by atoms with Gasteiger partial charge in [-0.25, -0.2) is 0 Å². The van der Waals surface area contributed by atoms with Crippen molar-refractivity contribution in [2.24, 2.45) is 0 Å². The second kappa shape index (κ2) is 9.10. The van der Waals surface area contributed by atoms with Crippen molar-refractivity contribution in [1.82, 2.24) is 5.32 Å². The molecule has 2 nitrogen and oxygen atoms in total. The van der Waals surface area contributed by atoms with Crippen LogP contribution in [0.25, 0.3) is 0 Å². The maximum Gasteiger partial charge on any atom is 0.119 e.